The molecule has 1 heterocycles. The van der Waals surface area contributed by atoms with Gasteiger partial charge in [-0.15, -0.1) is 0 Å². The Morgan fingerprint density at radius 3 is 2.56 bits per heavy atom. The van der Waals surface area contributed by atoms with Crippen molar-refractivity contribution in [1.29, 1.82) is 0 Å². The van der Waals surface area contributed by atoms with E-state index >= 15 is 0 Å². The highest BCUT2D eigenvalue weighted by Crippen LogP contribution is 2.40. The van der Waals surface area contributed by atoms with Gasteiger partial charge in [0.15, 0.2) is 0 Å². The number of aliphatic hydroxyl groups is 1. The van der Waals surface area contributed by atoms with E-state index in [1.54, 1.807) is 54.6 Å². The molecule has 2 aromatic carbocycles. The van der Waals surface area contributed by atoms with Crippen LogP contribution < -0.4 is 4.74 Å². The van der Waals surface area contributed by atoms with E-state index < -0.39 is 17.7 Å². The van der Waals surface area contributed by atoms with Crippen LogP contribution in [-0.2, 0) is 9.59 Å². The topological polar surface area (TPSA) is 70.1 Å². The first-order valence-corrected chi connectivity index (χ1v) is 10.7. The summed E-state index contributed by atoms with van der Waals surface area (Å²) in [6, 6.07) is 13.0. The van der Waals surface area contributed by atoms with Crippen LogP contribution in [0, 0.1) is 0 Å². The minimum atomic E-state index is -0.715. The van der Waals surface area contributed by atoms with Crippen LogP contribution in [0.3, 0.4) is 0 Å². The number of Topliss-reactive ketones (excluding diaryl/α,β-unsaturated/α-hetero) is 1. The number of hydrogen-bond donors (Lipinski definition) is 1. The fraction of sp³-hybridized carbons (Fsp3) is 0.280. The number of ether oxygens (including phenoxy) is 1. The monoisotopic (exact) mass is 454 g/mol. The zero-order valence-electron chi connectivity index (χ0n) is 18.3. The molecule has 7 heteroatoms. The van der Waals surface area contributed by atoms with Crippen molar-refractivity contribution in [2.24, 2.45) is 0 Å². The summed E-state index contributed by atoms with van der Waals surface area (Å²) in [5, 5.41) is 11.6. The van der Waals surface area contributed by atoms with Crippen molar-refractivity contribution in [3.63, 3.8) is 0 Å². The number of hydrogen-bond acceptors (Lipinski definition) is 5. The van der Waals surface area contributed by atoms with Crippen LogP contribution in [0.5, 0.6) is 5.75 Å². The molecule has 0 bridgehead atoms. The lowest BCUT2D eigenvalue weighted by Gasteiger charge is -2.26. The summed E-state index contributed by atoms with van der Waals surface area (Å²) in [5.41, 5.74) is 1.16. The fourth-order valence-corrected chi connectivity index (χ4v) is 3.91. The summed E-state index contributed by atoms with van der Waals surface area (Å²) in [4.78, 5) is 29.5. The standard InChI is InChI=1S/C25H27ClN2O4/c1-4-15-32-20-11-9-17(10-12-20)23(29)21-22(18-7-5-8-19(26)16-18)28(25(31)24(21)30)14-6-13-27(2)3/h4-5,7-12,16,22,29H,1,6,13-15H2,2-3H3/b23-21+/t22-/m0/s1. The van der Waals surface area contributed by atoms with E-state index in [0.29, 0.717) is 41.5 Å². The first-order valence-electron chi connectivity index (χ1n) is 10.4. The number of ketones is 1. The Hall–Kier alpha value is -3.09. The van der Waals surface area contributed by atoms with Crippen molar-refractivity contribution in [3.8, 4) is 5.75 Å². The third-order valence-electron chi connectivity index (χ3n) is 5.20. The van der Waals surface area contributed by atoms with Gasteiger partial charge in [-0.1, -0.05) is 36.4 Å². The average molecular weight is 455 g/mol. The van der Waals surface area contributed by atoms with Crippen LogP contribution in [0.25, 0.3) is 5.76 Å². The minimum absolute atomic E-state index is 0.0573. The molecule has 0 radical (unpaired) electrons. The number of halogens is 1. The Balaban J connectivity index is 2.03. The Bertz CT molecular complexity index is 1030. The predicted molar refractivity (Wildman–Crippen MR) is 126 cm³/mol. The minimum Gasteiger partial charge on any atom is -0.507 e. The molecule has 6 nitrogen and oxygen atoms in total. The molecule has 0 saturated carbocycles. The maximum atomic E-state index is 13.0. The molecule has 1 amide bonds. The molecular formula is C25H27ClN2O4. The molecule has 1 N–H and O–H groups in total. The summed E-state index contributed by atoms with van der Waals surface area (Å²) in [5.74, 6) is -0.943. The number of aliphatic hydroxyl groups excluding tert-OH is 1. The lowest BCUT2D eigenvalue weighted by molar-refractivity contribution is -0.139. The fourth-order valence-electron chi connectivity index (χ4n) is 3.71. The van der Waals surface area contributed by atoms with Crippen molar-refractivity contribution >= 4 is 29.1 Å². The molecule has 1 aliphatic heterocycles. The molecule has 0 unspecified atom stereocenters. The zero-order chi connectivity index (χ0) is 23.3. The zero-order valence-corrected chi connectivity index (χ0v) is 19.0. The third kappa shape index (κ3) is 5.21. The smallest absolute Gasteiger partial charge is 0.295 e. The predicted octanol–water partition coefficient (Wildman–Crippen LogP) is 4.28. The van der Waals surface area contributed by atoms with Gasteiger partial charge in [0.2, 0.25) is 0 Å². The van der Waals surface area contributed by atoms with Gasteiger partial charge in [-0.2, -0.15) is 0 Å². The molecule has 0 aliphatic carbocycles. The average Bonchev–Trinajstić information content (AvgIpc) is 3.02. The molecule has 0 aromatic heterocycles. The highest BCUT2D eigenvalue weighted by molar-refractivity contribution is 6.46. The van der Waals surface area contributed by atoms with E-state index in [0.717, 1.165) is 6.54 Å². The summed E-state index contributed by atoms with van der Waals surface area (Å²) in [6.07, 6.45) is 2.32. The second-order valence-corrected chi connectivity index (χ2v) is 8.26. The number of amides is 1. The van der Waals surface area contributed by atoms with Crippen LogP contribution in [-0.4, -0.2) is 60.4 Å². The maximum absolute atomic E-state index is 13.0. The lowest BCUT2D eigenvalue weighted by atomic mass is 9.95. The molecule has 32 heavy (non-hydrogen) atoms. The molecule has 168 valence electrons. The van der Waals surface area contributed by atoms with Crippen LogP contribution >= 0.6 is 11.6 Å². The normalized spacial score (nSPS) is 17.8. The van der Waals surface area contributed by atoms with Gasteiger partial charge in [0.05, 0.1) is 11.6 Å². The number of carbonyl (C=O) groups is 2. The number of likely N-dealkylation sites (tertiary alicyclic amines) is 1. The van der Waals surface area contributed by atoms with E-state index in [1.807, 2.05) is 19.0 Å². The van der Waals surface area contributed by atoms with Gasteiger partial charge in [-0.05, 0) is 69.0 Å². The molecule has 1 atom stereocenters. The number of benzene rings is 2. The van der Waals surface area contributed by atoms with Crippen LogP contribution in [0.2, 0.25) is 5.02 Å². The van der Waals surface area contributed by atoms with Crippen LogP contribution in [0.1, 0.15) is 23.6 Å². The van der Waals surface area contributed by atoms with Crippen molar-refractivity contribution in [3.05, 3.63) is 82.9 Å². The van der Waals surface area contributed by atoms with Crippen LogP contribution in [0.15, 0.2) is 66.8 Å². The SMILES string of the molecule is C=CCOc1ccc(/C(O)=C2\C(=O)C(=O)N(CCCN(C)C)[C@H]2c2cccc(Cl)c2)cc1. The summed E-state index contributed by atoms with van der Waals surface area (Å²) >= 11 is 6.20. The van der Waals surface area contributed by atoms with E-state index in [4.69, 9.17) is 16.3 Å². The van der Waals surface area contributed by atoms with Crippen molar-refractivity contribution in [1.82, 2.24) is 9.80 Å². The number of nitrogens with zero attached hydrogens (tertiary/aromatic N) is 2. The van der Waals surface area contributed by atoms with E-state index in [-0.39, 0.29) is 11.3 Å². The van der Waals surface area contributed by atoms with E-state index in [9.17, 15) is 14.7 Å². The number of carbonyl (C=O) groups excluding carboxylic acids is 2. The van der Waals surface area contributed by atoms with Crippen molar-refractivity contribution in [2.75, 3.05) is 33.8 Å². The molecule has 1 aliphatic rings. The first-order chi connectivity index (χ1) is 15.3. The molecule has 3 rings (SSSR count). The highest BCUT2D eigenvalue weighted by Gasteiger charge is 2.45. The Kier molecular flexibility index (Phi) is 7.72. The highest BCUT2D eigenvalue weighted by atomic mass is 35.5. The summed E-state index contributed by atoms with van der Waals surface area (Å²) < 4.78 is 5.47. The Morgan fingerprint density at radius 2 is 1.94 bits per heavy atom. The van der Waals surface area contributed by atoms with E-state index in [1.165, 1.54) is 4.90 Å². The summed E-state index contributed by atoms with van der Waals surface area (Å²) in [6.45, 7) is 5.11. The maximum Gasteiger partial charge on any atom is 0.295 e. The van der Waals surface area contributed by atoms with Gasteiger partial charge >= 0.3 is 0 Å². The van der Waals surface area contributed by atoms with Crippen molar-refractivity contribution < 1.29 is 19.4 Å². The lowest BCUT2D eigenvalue weighted by Crippen LogP contribution is -2.32. The Morgan fingerprint density at radius 1 is 1.22 bits per heavy atom. The van der Waals surface area contributed by atoms with E-state index in [2.05, 4.69) is 6.58 Å². The van der Waals surface area contributed by atoms with Gasteiger partial charge in [0.1, 0.15) is 18.1 Å². The number of rotatable bonds is 9. The molecular weight excluding hydrogens is 428 g/mol. The largest absolute Gasteiger partial charge is 0.507 e. The van der Waals surface area contributed by atoms with Crippen molar-refractivity contribution in [2.45, 2.75) is 12.5 Å². The van der Waals surface area contributed by atoms with Gasteiger partial charge in [-0.25, -0.2) is 0 Å². The van der Waals surface area contributed by atoms with Gasteiger partial charge < -0.3 is 19.6 Å². The van der Waals surface area contributed by atoms with Gasteiger partial charge in [0, 0.05) is 17.1 Å². The Labute approximate surface area is 193 Å². The van der Waals surface area contributed by atoms with Gasteiger partial charge in [-0.3, -0.25) is 9.59 Å². The quantitative estimate of drug-likeness (QED) is 0.265. The summed E-state index contributed by atoms with van der Waals surface area (Å²) in [7, 11) is 3.90. The molecule has 0 spiro atoms. The first kappa shape index (κ1) is 23.6. The second kappa shape index (κ2) is 10.5. The van der Waals surface area contributed by atoms with Crippen LogP contribution in [0.4, 0.5) is 0 Å². The molecule has 1 fully saturated rings. The third-order valence-corrected chi connectivity index (χ3v) is 5.44. The molecule has 1 saturated heterocycles. The molecule has 2 aromatic rings. The second-order valence-electron chi connectivity index (χ2n) is 7.83. The van der Waals surface area contributed by atoms with Gasteiger partial charge in [0.25, 0.3) is 11.7 Å².